The largest absolute Gasteiger partial charge is 0.388 e. The molecule has 20 heavy (non-hydrogen) atoms. The zero-order chi connectivity index (χ0) is 14.3. The van der Waals surface area contributed by atoms with Crippen molar-refractivity contribution in [2.75, 3.05) is 11.9 Å². The lowest BCUT2D eigenvalue weighted by Crippen LogP contribution is -2.64. The number of hydrogen-bond donors (Lipinski definition) is 4. The number of nitrogens with zero attached hydrogens (tertiary/aromatic N) is 1. The Morgan fingerprint density at radius 3 is 2.55 bits per heavy atom. The Morgan fingerprint density at radius 1 is 1.15 bits per heavy atom. The highest BCUT2D eigenvalue weighted by molar-refractivity contribution is 7.80. The first-order valence-electron chi connectivity index (χ1n) is 6.40. The van der Waals surface area contributed by atoms with Crippen LogP contribution in [0.4, 0.5) is 5.69 Å². The van der Waals surface area contributed by atoms with E-state index in [2.05, 4.69) is 5.32 Å². The van der Waals surface area contributed by atoms with Gasteiger partial charge in [-0.05, 0) is 24.4 Å². The number of nitrogens with one attached hydrogen (secondary N) is 1. The quantitative estimate of drug-likeness (QED) is 0.520. The lowest BCUT2D eigenvalue weighted by molar-refractivity contribution is -0.154. The number of rotatable bonds is 1. The van der Waals surface area contributed by atoms with E-state index in [1.807, 2.05) is 30.3 Å². The molecule has 0 spiro atoms. The second-order valence-electron chi connectivity index (χ2n) is 4.97. The van der Waals surface area contributed by atoms with E-state index in [0.29, 0.717) is 5.11 Å². The molecule has 2 aliphatic rings. The van der Waals surface area contributed by atoms with Crippen LogP contribution in [-0.4, -0.2) is 62.5 Å². The minimum atomic E-state index is -1.22. The molecule has 1 aromatic rings. The van der Waals surface area contributed by atoms with E-state index in [4.69, 9.17) is 17.0 Å². The van der Waals surface area contributed by atoms with E-state index in [1.165, 1.54) is 0 Å². The van der Waals surface area contributed by atoms with Crippen LogP contribution in [0, 0.1) is 0 Å². The van der Waals surface area contributed by atoms with Gasteiger partial charge in [0.05, 0.1) is 12.6 Å². The summed E-state index contributed by atoms with van der Waals surface area (Å²) in [7, 11) is 0. The molecule has 4 N–H and O–H groups in total. The summed E-state index contributed by atoms with van der Waals surface area (Å²) in [5.41, 5.74) is 0.812. The van der Waals surface area contributed by atoms with E-state index < -0.39 is 30.6 Å². The van der Waals surface area contributed by atoms with Crippen LogP contribution in [0.3, 0.4) is 0 Å². The number of fused-ring (bicyclic) bond motifs is 2. The highest BCUT2D eigenvalue weighted by Crippen LogP contribution is 2.32. The summed E-state index contributed by atoms with van der Waals surface area (Å²) in [6.45, 7) is 0.219. The zero-order valence-electron chi connectivity index (χ0n) is 10.6. The third-order valence-electron chi connectivity index (χ3n) is 3.71. The molecule has 2 fully saturated rings. The maximum absolute atomic E-state index is 10.0. The Labute approximate surface area is 121 Å². The summed E-state index contributed by atoms with van der Waals surface area (Å²) < 4.78 is 5.43. The number of hydrogen-bond acceptors (Lipinski definition) is 5. The van der Waals surface area contributed by atoms with E-state index in [9.17, 15) is 15.3 Å². The first kappa shape index (κ1) is 13.7. The number of aliphatic hydroxyl groups excluding tert-OH is 3. The number of ether oxygens (including phenoxy) is 1. The van der Waals surface area contributed by atoms with Crippen LogP contribution < -0.4 is 5.32 Å². The average molecular weight is 296 g/mol. The van der Waals surface area contributed by atoms with E-state index in [-0.39, 0.29) is 6.61 Å². The fourth-order valence-corrected chi connectivity index (χ4v) is 3.00. The molecule has 0 amide bonds. The summed E-state index contributed by atoms with van der Waals surface area (Å²) in [6.07, 6.45) is -4.25. The lowest BCUT2D eigenvalue weighted by Gasteiger charge is -2.42. The van der Waals surface area contributed by atoms with Gasteiger partial charge < -0.3 is 30.3 Å². The summed E-state index contributed by atoms with van der Waals surface area (Å²) in [4.78, 5) is 1.62. The van der Waals surface area contributed by atoms with Crippen LogP contribution >= 0.6 is 12.2 Å². The Kier molecular flexibility index (Phi) is 3.61. The van der Waals surface area contributed by atoms with E-state index in [1.54, 1.807) is 4.90 Å². The minimum Gasteiger partial charge on any atom is -0.388 e. The van der Waals surface area contributed by atoms with Gasteiger partial charge >= 0.3 is 0 Å². The topological polar surface area (TPSA) is 85.2 Å². The van der Waals surface area contributed by atoms with Crippen molar-refractivity contribution in [3.63, 3.8) is 0 Å². The van der Waals surface area contributed by atoms with Crippen LogP contribution in [-0.2, 0) is 4.74 Å². The Balaban J connectivity index is 1.78. The van der Waals surface area contributed by atoms with Crippen LogP contribution in [0.15, 0.2) is 30.3 Å². The van der Waals surface area contributed by atoms with Gasteiger partial charge in [0.2, 0.25) is 0 Å². The van der Waals surface area contributed by atoms with Gasteiger partial charge in [-0.1, -0.05) is 18.2 Å². The van der Waals surface area contributed by atoms with Gasteiger partial charge in [0.1, 0.15) is 18.3 Å². The monoisotopic (exact) mass is 296 g/mol. The van der Waals surface area contributed by atoms with Gasteiger partial charge in [0.15, 0.2) is 11.3 Å². The molecule has 1 aromatic carbocycles. The normalized spacial score (nSPS) is 36.0. The fourth-order valence-electron chi connectivity index (χ4n) is 2.65. The van der Waals surface area contributed by atoms with Gasteiger partial charge in [-0.3, -0.25) is 0 Å². The van der Waals surface area contributed by atoms with Crippen LogP contribution in [0.1, 0.15) is 0 Å². The van der Waals surface area contributed by atoms with Crippen molar-refractivity contribution < 1.29 is 20.1 Å². The molecule has 0 aliphatic carbocycles. The van der Waals surface area contributed by atoms with Gasteiger partial charge in [-0.25, -0.2) is 0 Å². The second-order valence-corrected chi connectivity index (χ2v) is 5.35. The second kappa shape index (κ2) is 5.27. The first-order chi connectivity index (χ1) is 9.59. The maximum atomic E-state index is 10.0. The van der Waals surface area contributed by atoms with E-state index in [0.717, 1.165) is 5.69 Å². The van der Waals surface area contributed by atoms with Gasteiger partial charge in [0, 0.05) is 5.69 Å². The number of benzene rings is 1. The third kappa shape index (κ3) is 2.17. The molecule has 108 valence electrons. The molecule has 2 heterocycles. The molecule has 0 radical (unpaired) electrons. The van der Waals surface area contributed by atoms with Gasteiger partial charge in [0.25, 0.3) is 0 Å². The summed E-state index contributed by atoms with van der Waals surface area (Å²) >= 11 is 5.33. The van der Waals surface area contributed by atoms with Crippen LogP contribution in [0.2, 0.25) is 0 Å². The maximum Gasteiger partial charge on any atom is 0.175 e. The molecule has 0 unspecified atom stereocenters. The Morgan fingerprint density at radius 2 is 1.85 bits per heavy atom. The Hall–Kier alpha value is -1.25. The van der Waals surface area contributed by atoms with Crippen molar-refractivity contribution in [1.29, 1.82) is 0 Å². The minimum absolute atomic E-state index is 0.219. The predicted octanol–water partition coefficient (Wildman–Crippen LogP) is -0.493. The van der Waals surface area contributed by atoms with Crippen molar-refractivity contribution in [2.24, 2.45) is 0 Å². The van der Waals surface area contributed by atoms with Gasteiger partial charge in [-0.15, -0.1) is 0 Å². The molecule has 2 bridgehead atoms. The number of anilines is 1. The van der Waals surface area contributed by atoms with Crippen LogP contribution in [0.25, 0.3) is 0 Å². The molecule has 5 atom stereocenters. The molecule has 3 rings (SSSR count). The number of aliphatic hydroxyl groups is 3. The Bertz CT molecular complexity index is 482. The highest BCUT2D eigenvalue weighted by atomic mass is 32.1. The number of piperidine rings is 1. The lowest BCUT2D eigenvalue weighted by atomic mass is 9.95. The molecule has 6 nitrogen and oxygen atoms in total. The molecule has 2 aliphatic heterocycles. The van der Waals surface area contributed by atoms with Crippen molar-refractivity contribution in [3.05, 3.63) is 30.3 Å². The molecule has 0 aromatic heterocycles. The summed E-state index contributed by atoms with van der Waals surface area (Å²) in [5, 5.41) is 33.1. The third-order valence-corrected chi connectivity index (χ3v) is 4.03. The summed E-state index contributed by atoms with van der Waals surface area (Å²) in [6, 6.07) is 8.91. The molecular formula is C13H16N2O4S. The number of thiocarbonyl (C=S) groups is 1. The highest BCUT2D eigenvalue weighted by Gasteiger charge is 2.53. The van der Waals surface area contributed by atoms with Crippen molar-refractivity contribution in [3.8, 4) is 0 Å². The van der Waals surface area contributed by atoms with Crippen LogP contribution in [0.5, 0.6) is 0 Å². The van der Waals surface area contributed by atoms with E-state index >= 15 is 0 Å². The molecular weight excluding hydrogens is 280 g/mol. The standard InChI is InChI=1S/C13H16N2O4S/c16-9-8-6-19-12(11(18)10(9)17)15(8)13(20)14-7-4-2-1-3-5-7/h1-5,8-12,16-18H,6H2,(H,14,20)/t8-,9+,10-,11+,12+/m1/s1. The average Bonchev–Trinajstić information content (AvgIpc) is 2.86. The van der Waals surface area contributed by atoms with Crippen molar-refractivity contribution >= 4 is 23.0 Å². The molecule has 7 heteroatoms. The van der Waals surface area contributed by atoms with Gasteiger partial charge in [-0.2, -0.15) is 0 Å². The molecule has 0 saturated carbocycles. The first-order valence-corrected chi connectivity index (χ1v) is 6.80. The summed E-state index contributed by atoms with van der Waals surface area (Å²) in [5.74, 6) is 0. The van der Waals surface area contributed by atoms with Crippen molar-refractivity contribution in [1.82, 2.24) is 4.90 Å². The SMILES string of the molecule is O[C@@H]1[C@@H](O)[C@H]2CO[C@@H]([C@H]1O)N2C(=S)Nc1ccccc1. The predicted molar refractivity (Wildman–Crippen MR) is 76.1 cm³/mol. The zero-order valence-corrected chi connectivity index (χ0v) is 11.4. The van der Waals surface area contributed by atoms with Crippen molar-refractivity contribution in [2.45, 2.75) is 30.6 Å². The molecule has 2 saturated heterocycles. The fraction of sp³-hybridized carbons (Fsp3) is 0.462. The smallest absolute Gasteiger partial charge is 0.175 e. The number of para-hydroxylation sites is 1.